The number of aliphatic hydroxyl groups is 1. The van der Waals surface area contributed by atoms with Crippen LogP contribution in [0.25, 0.3) is 10.3 Å². The molecule has 0 atom stereocenters. The molecule has 6 heteroatoms. The summed E-state index contributed by atoms with van der Waals surface area (Å²) in [5.41, 5.74) is 1.76. The molecular formula is C9H12N4OS. The number of thiazole rings is 1. The van der Waals surface area contributed by atoms with Crippen LogP contribution in [0.3, 0.4) is 0 Å². The number of nitrogens with zero attached hydrogens (tertiary/aromatic N) is 3. The number of rotatable bonds is 3. The molecule has 80 valence electrons. The van der Waals surface area contributed by atoms with Crippen molar-refractivity contribution >= 4 is 27.6 Å². The van der Waals surface area contributed by atoms with E-state index in [2.05, 4.69) is 20.3 Å². The lowest BCUT2D eigenvalue weighted by Crippen LogP contribution is -2.29. The second-order valence-electron chi connectivity index (χ2n) is 3.90. The van der Waals surface area contributed by atoms with E-state index in [0.717, 1.165) is 10.3 Å². The van der Waals surface area contributed by atoms with Gasteiger partial charge in [-0.2, -0.15) is 0 Å². The molecule has 15 heavy (non-hydrogen) atoms. The van der Waals surface area contributed by atoms with Gasteiger partial charge in [-0.3, -0.25) is 0 Å². The highest BCUT2D eigenvalue weighted by atomic mass is 32.1. The Labute approximate surface area is 91.2 Å². The van der Waals surface area contributed by atoms with Crippen LogP contribution in [0.4, 0.5) is 5.95 Å². The SMILES string of the molecule is CC(C)(O)CNc1ncc2ncsc2n1. The van der Waals surface area contributed by atoms with Gasteiger partial charge in [-0.1, -0.05) is 0 Å². The number of hydrogen-bond donors (Lipinski definition) is 2. The Morgan fingerprint density at radius 1 is 1.47 bits per heavy atom. The summed E-state index contributed by atoms with van der Waals surface area (Å²) in [5.74, 6) is 0.522. The minimum absolute atomic E-state index is 0.414. The van der Waals surface area contributed by atoms with Gasteiger partial charge in [-0.25, -0.2) is 15.0 Å². The lowest BCUT2D eigenvalue weighted by Gasteiger charge is -2.17. The fourth-order valence-corrected chi connectivity index (χ4v) is 1.68. The molecule has 0 bridgehead atoms. The van der Waals surface area contributed by atoms with E-state index in [1.807, 2.05) is 0 Å². The molecule has 2 aromatic heterocycles. The topological polar surface area (TPSA) is 70.9 Å². The van der Waals surface area contributed by atoms with Crippen LogP contribution in [-0.4, -0.2) is 32.2 Å². The standard InChI is InChI=1S/C9H12N4OS/c1-9(2,14)4-11-8-10-3-6-7(13-8)15-5-12-6/h3,5,14H,4H2,1-2H3,(H,10,11,13). The Morgan fingerprint density at radius 3 is 3.00 bits per heavy atom. The van der Waals surface area contributed by atoms with Crippen molar-refractivity contribution in [3.05, 3.63) is 11.7 Å². The Bertz CT molecular complexity index is 462. The average molecular weight is 224 g/mol. The normalized spacial score (nSPS) is 11.9. The van der Waals surface area contributed by atoms with Crippen LogP contribution in [0, 0.1) is 0 Å². The van der Waals surface area contributed by atoms with Crippen LogP contribution >= 0.6 is 11.3 Å². The van der Waals surface area contributed by atoms with Gasteiger partial charge in [0.1, 0.15) is 10.3 Å². The summed E-state index contributed by atoms with van der Waals surface area (Å²) in [6.07, 6.45) is 1.67. The zero-order valence-electron chi connectivity index (χ0n) is 8.56. The largest absolute Gasteiger partial charge is 0.389 e. The van der Waals surface area contributed by atoms with Crippen LogP contribution < -0.4 is 5.32 Å². The van der Waals surface area contributed by atoms with Gasteiger partial charge < -0.3 is 10.4 Å². The summed E-state index contributed by atoms with van der Waals surface area (Å²) in [4.78, 5) is 13.3. The van der Waals surface area contributed by atoms with Crippen LogP contribution in [0.1, 0.15) is 13.8 Å². The first-order chi connectivity index (χ1) is 7.04. The molecule has 0 aliphatic heterocycles. The van der Waals surface area contributed by atoms with Crippen molar-refractivity contribution in [2.45, 2.75) is 19.4 Å². The maximum Gasteiger partial charge on any atom is 0.224 e. The molecule has 2 N–H and O–H groups in total. The number of nitrogens with one attached hydrogen (secondary N) is 1. The molecule has 0 spiro atoms. The smallest absolute Gasteiger partial charge is 0.224 e. The fraction of sp³-hybridized carbons (Fsp3) is 0.444. The molecule has 2 heterocycles. The fourth-order valence-electron chi connectivity index (χ4n) is 1.05. The highest BCUT2D eigenvalue weighted by molar-refractivity contribution is 7.16. The number of anilines is 1. The molecule has 0 saturated carbocycles. The van der Waals surface area contributed by atoms with Gasteiger partial charge in [0.2, 0.25) is 5.95 Å². The van der Waals surface area contributed by atoms with Crippen molar-refractivity contribution in [1.29, 1.82) is 0 Å². The van der Waals surface area contributed by atoms with Crippen LogP contribution in [-0.2, 0) is 0 Å². The minimum Gasteiger partial charge on any atom is -0.389 e. The first kappa shape index (κ1) is 10.3. The second-order valence-corrected chi connectivity index (χ2v) is 4.74. The summed E-state index contributed by atoms with van der Waals surface area (Å²) in [5, 5.41) is 12.5. The lowest BCUT2D eigenvalue weighted by atomic mass is 10.1. The minimum atomic E-state index is -0.772. The molecule has 0 aromatic carbocycles. The van der Waals surface area contributed by atoms with E-state index < -0.39 is 5.60 Å². The van der Waals surface area contributed by atoms with Crippen molar-refractivity contribution in [2.75, 3.05) is 11.9 Å². The van der Waals surface area contributed by atoms with Crippen molar-refractivity contribution in [2.24, 2.45) is 0 Å². The quantitative estimate of drug-likeness (QED) is 0.821. The van der Waals surface area contributed by atoms with Gasteiger partial charge in [-0.05, 0) is 13.8 Å². The van der Waals surface area contributed by atoms with Crippen molar-refractivity contribution < 1.29 is 5.11 Å². The molecule has 0 saturated heterocycles. The van der Waals surface area contributed by atoms with Gasteiger partial charge in [0.15, 0.2) is 0 Å². The van der Waals surface area contributed by atoms with Crippen LogP contribution in [0.15, 0.2) is 11.7 Å². The number of hydrogen-bond acceptors (Lipinski definition) is 6. The molecule has 2 rings (SSSR count). The highest BCUT2D eigenvalue weighted by Gasteiger charge is 2.12. The first-order valence-electron chi connectivity index (χ1n) is 4.57. The van der Waals surface area contributed by atoms with Crippen molar-refractivity contribution in [3.8, 4) is 0 Å². The predicted octanol–water partition coefficient (Wildman–Crippen LogP) is 1.27. The Kier molecular flexibility index (Phi) is 2.54. The van der Waals surface area contributed by atoms with E-state index in [-0.39, 0.29) is 0 Å². The van der Waals surface area contributed by atoms with Gasteiger partial charge in [0.25, 0.3) is 0 Å². The molecule has 0 fully saturated rings. The zero-order valence-corrected chi connectivity index (χ0v) is 9.38. The Morgan fingerprint density at radius 2 is 2.27 bits per heavy atom. The molecule has 0 amide bonds. The third-order valence-electron chi connectivity index (χ3n) is 1.77. The van der Waals surface area contributed by atoms with Gasteiger partial charge in [0, 0.05) is 6.54 Å². The summed E-state index contributed by atoms with van der Waals surface area (Å²) in [6, 6.07) is 0. The van der Waals surface area contributed by atoms with Crippen LogP contribution in [0.2, 0.25) is 0 Å². The predicted molar refractivity (Wildman–Crippen MR) is 60.0 cm³/mol. The molecular weight excluding hydrogens is 212 g/mol. The number of aromatic nitrogens is 3. The Hall–Kier alpha value is -1.27. The van der Waals surface area contributed by atoms with E-state index in [1.54, 1.807) is 25.6 Å². The summed E-state index contributed by atoms with van der Waals surface area (Å²) >= 11 is 1.47. The maximum atomic E-state index is 9.52. The Balaban J connectivity index is 2.15. The van der Waals surface area contributed by atoms with Gasteiger partial charge in [0.05, 0.1) is 17.3 Å². The maximum absolute atomic E-state index is 9.52. The summed E-state index contributed by atoms with van der Waals surface area (Å²) in [6.45, 7) is 3.87. The average Bonchev–Trinajstić information content (AvgIpc) is 2.60. The summed E-state index contributed by atoms with van der Waals surface area (Å²) in [7, 11) is 0. The van der Waals surface area contributed by atoms with Crippen molar-refractivity contribution in [1.82, 2.24) is 15.0 Å². The monoisotopic (exact) mass is 224 g/mol. The molecule has 0 aliphatic carbocycles. The van der Waals surface area contributed by atoms with Gasteiger partial charge >= 0.3 is 0 Å². The molecule has 0 radical (unpaired) electrons. The van der Waals surface area contributed by atoms with E-state index in [4.69, 9.17) is 0 Å². The number of fused-ring (bicyclic) bond motifs is 1. The first-order valence-corrected chi connectivity index (χ1v) is 5.45. The molecule has 5 nitrogen and oxygen atoms in total. The van der Waals surface area contributed by atoms with E-state index in [1.165, 1.54) is 11.3 Å². The zero-order chi connectivity index (χ0) is 10.9. The highest BCUT2D eigenvalue weighted by Crippen LogP contribution is 2.15. The third-order valence-corrected chi connectivity index (χ3v) is 2.51. The van der Waals surface area contributed by atoms with Crippen LogP contribution in [0.5, 0.6) is 0 Å². The molecule has 0 aliphatic rings. The van der Waals surface area contributed by atoms with E-state index >= 15 is 0 Å². The van der Waals surface area contributed by atoms with Gasteiger partial charge in [-0.15, -0.1) is 11.3 Å². The molecule has 2 aromatic rings. The third kappa shape index (κ3) is 2.60. The van der Waals surface area contributed by atoms with E-state index in [9.17, 15) is 5.11 Å². The van der Waals surface area contributed by atoms with E-state index in [0.29, 0.717) is 12.5 Å². The second kappa shape index (κ2) is 3.71. The lowest BCUT2D eigenvalue weighted by molar-refractivity contribution is 0.0943. The summed E-state index contributed by atoms with van der Waals surface area (Å²) < 4.78 is 0. The van der Waals surface area contributed by atoms with Crippen molar-refractivity contribution in [3.63, 3.8) is 0 Å². The molecule has 0 unspecified atom stereocenters.